The number of nitrogens with one attached hydrogen (secondary N) is 2. The number of carbonyl (C=O) groups excluding carboxylic acids is 1. The van der Waals surface area contributed by atoms with Gasteiger partial charge in [-0.1, -0.05) is 0 Å². The van der Waals surface area contributed by atoms with Crippen LogP contribution in [0.4, 0.5) is 5.95 Å². The lowest BCUT2D eigenvalue weighted by Gasteiger charge is -2.19. The lowest BCUT2D eigenvalue weighted by Crippen LogP contribution is -2.27. The number of amides is 1. The topological polar surface area (TPSA) is 98.9 Å². The summed E-state index contributed by atoms with van der Waals surface area (Å²) in [5.41, 5.74) is 1.65. The highest BCUT2D eigenvalue weighted by Crippen LogP contribution is 2.23. The first-order valence-electron chi connectivity index (χ1n) is 8.50. The smallest absolute Gasteiger partial charge is 0.264 e. The largest absolute Gasteiger partial charge is 0.480 e. The van der Waals surface area contributed by atoms with Crippen molar-refractivity contribution in [2.45, 2.75) is 32.6 Å². The molecule has 0 aliphatic carbocycles. The lowest BCUT2D eigenvalue weighted by molar-refractivity contribution is -0.118. The number of carbonyl (C=O) groups is 1. The first kappa shape index (κ1) is 17.4. The minimum atomic E-state index is -0.269. The molecule has 1 saturated heterocycles. The summed E-state index contributed by atoms with van der Waals surface area (Å²) in [6, 6.07) is 0. The van der Waals surface area contributed by atoms with E-state index in [1.54, 1.807) is 16.4 Å². The highest BCUT2D eigenvalue weighted by molar-refractivity contribution is 5.90. The Labute approximate surface area is 146 Å². The molecule has 136 valence electrons. The van der Waals surface area contributed by atoms with E-state index in [9.17, 15) is 4.79 Å². The molecule has 3 heterocycles. The van der Waals surface area contributed by atoms with E-state index in [0.717, 1.165) is 43.1 Å². The van der Waals surface area contributed by atoms with Crippen molar-refractivity contribution in [1.29, 1.82) is 0 Å². The summed E-state index contributed by atoms with van der Waals surface area (Å²) in [5, 5.41) is 14.8. The van der Waals surface area contributed by atoms with Gasteiger partial charge in [0.2, 0.25) is 5.95 Å². The molecule has 0 aromatic carbocycles. The Balaban J connectivity index is 1.60. The van der Waals surface area contributed by atoms with Gasteiger partial charge in [0, 0.05) is 20.0 Å². The molecule has 3 rings (SSSR count). The number of ether oxygens (including phenoxy) is 1. The van der Waals surface area contributed by atoms with Gasteiger partial charge < -0.3 is 10.1 Å². The van der Waals surface area contributed by atoms with Crippen molar-refractivity contribution in [3.8, 4) is 5.75 Å². The van der Waals surface area contributed by atoms with Gasteiger partial charge in [-0.2, -0.15) is 15.2 Å². The quantitative estimate of drug-likeness (QED) is 0.824. The maximum absolute atomic E-state index is 12.2. The molecule has 25 heavy (non-hydrogen) atoms. The minimum absolute atomic E-state index is 0.0943. The van der Waals surface area contributed by atoms with Gasteiger partial charge in [0.15, 0.2) is 18.2 Å². The summed E-state index contributed by atoms with van der Waals surface area (Å²) < 4.78 is 8.96. The van der Waals surface area contributed by atoms with Crippen molar-refractivity contribution < 1.29 is 9.53 Å². The van der Waals surface area contributed by atoms with Crippen molar-refractivity contribution >= 4 is 11.9 Å². The molecule has 1 aliphatic rings. The molecule has 0 atom stereocenters. The van der Waals surface area contributed by atoms with Crippen LogP contribution in [0.15, 0.2) is 0 Å². The summed E-state index contributed by atoms with van der Waals surface area (Å²) in [6.45, 7) is 5.61. The van der Waals surface area contributed by atoms with Crippen molar-refractivity contribution in [3.05, 3.63) is 17.2 Å². The minimum Gasteiger partial charge on any atom is -0.480 e. The van der Waals surface area contributed by atoms with E-state index in [1.807, 2.05) is 20.9 Å². The molecule has 2 aromatic rings. The summed E-state index contributed by atoms with van der Waals surface area (Å²) in [5.74, 6) is 1.96. The fourth-order valence-electron chi connectivity index (χ4n) is 3.03. The number of nitrogens with zero attached hydrogens (tertiary/aromatic N) is 5. The van der Waals surface area contributed by atoms with Gasteiger partial charge in [-0.3, -0.25) is 14.8 Å². The molecule has 9 heteroatoms. The van der Waals surface area contributed by atoms with Crippen LogP contribution in [0.2, 0.25) is 0 Å². The van der Waals surface area contributed by atoms with E-state index in [1.165, 1.54) is 0 Å². The van der Waals surface area contributed by atoms with Crippen LogP contribution in [0.25, 0.3) is 0 Å². The Morgan fingerprint density at radius 2 is 1.96 bits per heavy atom. The van der Waals surface area contributed by atoms with Crippen LogP contribution in [0, 0.1) is 13.8 Å². The summed E-state index contributed by atoms with van der Waals surface area (Å²) in [6.07, 6.45) is 2.03. The second-order valence-electron chi connectivity index (χ2n) is 6.40. The van der Waals surface area contributed by atoms with Crippen LogP contribution in [0.3, 0.4) is 0 Å². The number of piperidine rings is 1. The maximum Gasteiger partial charge on any atom is 0.264 e. The van der Waals surface area contributed by atoms with Crippen LogP contribution in [0.1, 0.15) is 36.0 Å². The fourth-order valence-corrected chi connectivity index (χ4v) is 3.03. The van der Waals surface area contributed by atoms with Gasteiger partial charge in [-0.25, -0.2) is 4.68 Å². The van der Waals surface area contributed by atoms with Crippen molar-refractivity contribution in [1.82, 2.24) is 29.9 Å². The Morgan fingerprint density at radius 1 is 1.24 bits per heavy atom. The fraction of sp³-hybridized carbons (Fsp3) is 0.625. The van der Waals surface area contributed by atoms with Gasteiger partial charge in [0.05, 0.1) is 5.69 Å². The molecule has 2 N–H and O–H groups in total. The average molecular weight is 347 g/mol. The van der Waals surface area contributed by atoms with E-state index in [4.69, 9.17) is 4.74 Å². The third-order valence-electron chi connectivity index (χ3n) is 4.53. The highest BCUT2D eigenvalue weighted by atomic mass is 16.5. The Hall–Kier alpha value is -2.42. The molecule has 1 aliphatic heterocycles. The SMILES string of the molecule is Cc1nn(C)c(C)c1OCC(=O)Nc1nc(C2CCNCC2)nn1C. The predicted molar refractivity (Wildman–Crippen MR) is 92.7 cm³/mol. The van der Waals surface area contributed by atoms with E-state index < -0.39 is 0 Å². The number of hydrogen-bond donors (Lipinski definition) is 2. The second kappa shape index (κ2) is 7.22. The van der Waals surface area contributed by atoms with Gasteiger partial charge in [-0.05, 0) is 39.8 Å². The standard InChI is InChI=1S/C16H25N7O2/c1-10-14(11(2)22(3)20-10)25-9-13(24)18-16-19-15(21-23(16)4)12-5-7-17-8-6-12/h12,17H,5-9H2,1-4H3,(H,18,19,21,24). The maximum atomic E-state index is 12.2. The average Bonchev–Trinajstić information content (AvgIpc) is 3.07. The normalized spacial score (nSPS) is 15.4. The van der Waals surface area contributed by atoms with Gasteiger partial charge in [0.25, 0.3) is 5.91 Å². The van der Waals surface area contributed by atoms with Crippen LogP contribution >= 0.6 is 0 Å². The molecule has 9 nitrogen and oxygen atoms in total. The van der Waals surface area contributed by atoms with Crippen LogP contribution < -0.4 is 15.4 Å². The van der Waals surface area contributed by atoms with E-state index >= 15 is 0 Å². The molecular formula is C16H25N7O2. The van der Waals surface area contributed by atoms with E-state index in [0.29, 0.717) is 17.6 Å². The Kier molecular flexibility index (Phi) is 5.03. The monoisotopic (exact) mass is 347 g/mol. The van der Waals surface area contributed by atoms with E-state index in [-0.39, 0.29) is 12.5 Å². The molecule has 0 bridgehead atoms. The Morgan fingerprint density at radius 3 is 2.60 bits per heavy atom. The summed E-state index contributed by atoms with van der Waals surface area (Å²) in [4.78, 5) is 16.7. The molecule has 2 aromatic heterocycles. The van der Waals surface area contributed by atoms with Crippen LogP contribution in [-0.2, 0) is 18.9 Å². The predicted octanol–water partition coefficient (Wildman–Crippen LogP) is 0.650. The lowest BCUT2D eigenvalue weighted by atomic mass is 9.98. The zero-order chi connectivity index (χ0) is 18.0. The first-order valence-corrected chi connectivity index (χ1v) is 8.50. The van der Waals surface area contributed by atoms with Crippen molar-refractivity contribution in [2.24, 2.45) is 14.1 Å². The van der Waals surface area contributed by atoms with Crippen LogP contribution in [-0.4, -0.2) is 50.1 Å². The molecule has 1 fully saturated rings. The van der Waals surface area contributed by atoms with Gasteiger partial charge in [-0.15, -0.1) is 0 Å². The molecule has 1 amide bonds. The van der Waals surface area contributed by atoms with E-state index in [2.05, 4.69) is 25.8 Å². The zero-order valence-electron chi connectivity index (χ0n) is 15.2. The Bertz CT molecular complexity index is 759. The number of rotatable bonds is 5. The molecule has 0 spiro atoms. The molecule has 0 unspecified atom stereocenters. The number of aromatic nitrogens is 5. The molecule has 0 saturated carbocycles. The summed E-state index contributed by atoms with van der Waals surface area (Å²) in [7, 11) is 3.63. The molecule has 0 radical (unpaired) electrons. The second-order valence-corrected chi connectivity index (χ2v) is 6.40. The zero-order valence-corrected chi connectivity index (χ0v) is 15.2. The first-order chi connectivity index (χ1) is 12.0. The number of aryl methyl sites for hydroxylation is 3. The number of anilines is 1. The van der Waals surface area contributed by atoms with Crippen LogP contribution in [0.5, 0.6) is 5.75 Å². The van der Waals surface area contributed by atoms with Crippen molar-refractivity contribution in [3.63, 3.8) is 0 Å². The number of hydrogen-bond acceptors (Lipinski definition) is 6. The third kappa shape index (κ3) is 3.81. The highest BCUT2D eigenvalue weighted by Gasteiger charge is 2.21. The third-order valence-corrected chi connectivity index (χ3v) is 4.53. The van der Waals surface area contributed by atoms with Gasteiger partial charge >= 0.3 is 0 Å². The summed E-state index contributed by atoms with van der Waals surface area (Å²) >= 11 is 0. The van der Waals surface area contributed by atoms with Crippen molar-refractivity contribution in [2.75, 3.05) is 25.0 Å². The molecular weight excluding hydrogens is 322 g/mol. The van der Waals surface area contributed by atoms with Gasteiger partial charge in [0.1, 0.15) is 5.69 Å².